The minimum atomic E-state index is -1.20. The number of hydrogen-bond acceptors (Lipinski definition) is 10. The minimum absolute atomic E-state index is 0.00974. The van der Waals surface area contributed by atoms with Crippen LogP contribution in [0, 0.1) is 12.7 Å². The van der Waals surface area contributed by atoms with Crippen LogP contribution >= 0.6 is 22.9 Å². The molecule has 4 bridgehead atoms. The molecule has 4 heterocycles. The average molecular weight is 769 g/mol. The number of hydrogen-bond donors (Lipinski definition) is 1. The fourth-order valence-electron chi connectivity index (χ4n) is 6.13. The summed E-state index contributed by atoms with van der Waals surface area (Å²) >= 11 is 8.38. The number of thiophene rings is 1. The molecule has 8 rings (SSSR count). The van der Waals surface area contributed by atoms with Gasteiger partial charge in [-0.2, -0.15) is 0 Å². The number of aliphatic hydroxyl groups is 1. The van der Waals surface area contributed by atoms with Gasteiger partial charge in [0.25, 0.3) is 0 Å². The van der Waals surface area contributed by atoms with Gasteiger partial charge in [0, 0.05) is 22.4 Å². The first kappa shape index (κ1) is 37.1. The maximum Gasteiger partial charge on any atom is 0.348 e. The molecule has 2 aromatic heterocycles. The number of aromatic nitrogens is 2. The molecule has 4 aromatic carbocycles. The van der Waals surface area contributed by atoms with Crippen molar-refractivity contribution in [2.45, 2.75) is 58.5 Å². The molecule has 54 heavy (non-hydrogen) atoms. The highest BCUT2D eigenvalue weighted by molar-refractivity contribution is 7.22. The molecule has 278 valence electrons. The van der Waals surface area contributed by atoms with Gasteiger partial charge in [-0.1, -0.05) is 60.1 Å². The highest BCUT2D eigenvalue weighted by Gasteiger charge is 2.32. The highest BCUT2D eigenvalue weighted by atomic mass is 35.5. The lowest BCUT2D eigenvalue weighted by atomic mass is 9.96. The second kappa shape index (κ2) is 15.6. The molecular formula is C42H38ClFN2O7S. The number of fused-ring (bicyclic) bond motifs is 7. The molecule has 0 aliphatic carbocycles. The first-order valence-electron chi connectivity index (χ1n) is 17.4. The lowest BCUT2D eigenvalue weighted by molar-refractivity contribution is -0.163. The molecule has 0 spiro atoms. The fraction of sp³-hybridized carbons (Fsp3) is 0.262. The minimum Gasteiger partial charge on any atom is -0.490 e. The zero-order valence-corrected chi connectivity index (χ0v) is 31.7. The van der Waals surface area contributed by atoms with E-state index >= 15 is 0 Å². The van der Waals surface area contributed by atoms with Crippen molar-refractivity contribution in [2.75, 3.05) is 13.2 Å². The summed E-state index contributed by atoms with van der Waals surface area (Å²) in [5, 5.41) is 11.2. The summed E-state index contributed by atoms with van der Waals surface area (Å²) in [7, 11) is 0. The van der Waals surface area contributed by atoms with E-state index in [2.05, 4.69) is 9.97 Å². The largest absolute Gasteiger partial charge is 0.490 e. The molecule has 2 aliphatic rings. The van der Waals surface area contributed by atoms with Gasteiger partial charge < -0.3 is 28.8 Å². The molecule has 0 radical (unpaired) electrons. The summed E-state index contributed by atoms with van der Waals surface area (Å²) in [6.07, 6.45) is -0.564. The maximum absolute atomic E-state index is 14.2. The zero-order chi connectivity index (χ0) is 38.0. The van der Waals surface area contributed by atoms with Crippen molar-refractivity contribution in [3.63, 3.8) is 0 Å². The lowest BCUT2D eigenvalue weighted by Gasteiger charge is -2.25. The van der Waals surface area contributed by atoms with Gasteiger partial charge in [0.05, 0.1) is 17.0 Å². The molecule has 0 fully saturated rings. The Balaban J connectivity index is 1.43. The quantitative estimate of drug-likeness (QED) is 0.166. The van der Waals surface area contributed by atoms with Crippen LogP contribution in [0.15, 0.2) is 91.3 Å². The molecule has 0 saturated carbocycles. The molecule has 2 atom stereocenters. The Morgan fingerprint density at radius 3 is 2.54 bits per heavy atom. The van der Waals surface area contributed by atoms with Crippen LogP contribution in [0.2, 0.25) is 5.02 Å². The Kier molecular flexibility index (Phi) is 10.7. The Hall–Kier alpha value is -5.23. The summed E-state index contributed by atoms with van der Waals surface area (Å²) in [6.45, 7) is 7.15. The average Bonchev–Trinajstić information content (AvgIpc) is 3.54. The molecule has 12 heteroatoms. The Morgan fingerprint density at radius 1 is 1.02 bits per heavy atom. The summed E-state index contributed by atoms with van der Waals surface area (Å²) in [6, 6.07) is 24.8. The molecule has 2 aliphatic heterocycles. The van der Waals surface area contributed by atoms with E-state index in [4.69, 9.17) is 35.3 Å². The van der Waals surface area contributed by atoms with Crippen LogP contribution in [-0.4, -0.2) is 52.1 Å². The topological polar surface area (TPSA) is 109 Å². The maximum atomic E-state index is 14.2. The van der Waals surface area contributed by atoms with Crippen molar-refractivity contribution in [2.24, 2.45) is 0 Å². The number of benzene rings is 4. The molecule has 0 saturated heterocycles. The van der Waals surface area contributed by atoms with Gasteiger partial charge in [-0.3, -0.25) is 0 Å². The summed E-state index contributed by atoms with van der Waals surface area (Å²) < 4.78 is 45.4. The van der Waals surface area contributed by atoms with Crippen molar-refractivity contribution in [3.8, 4) is 44.7 Å². The van der Waals surface area contributed by atoms with E-state index in [1.54, 1.807) is 57.2 Å². The van der Waals surface area contributed by atoms with Crippen LogP contribution in [0.5, 0.6) is 23.1 Å². The van der Waals surface area contributed by atoms with Crippen LogP contribution in [-0.2, 0) is 22.6 Å². The Bertz CT molecular complexity index is 2290. The molecule has 0 unspecified atom stereocenters. The van der Waals surface area contributed by atoms with Crippen LogP contribution in [0.1, 0.15) is 37.5 Å². The van der Waals surface area contributed by atoms with Crippen LogP contribution < -0.4 is 18.9 Å². The van der Waals surface area contributed by atoms with E-state index in [-0.39, 0.29) is 37.9 Å². The number of carbonyl (C=O) groups is 1. The van der Waals surface area contributed by atoms with E-state index < -0.39 is 23.8 Å². The predicted molar refractivity (Wildman–Crippen MR) is 206 cm³/mol. The van der Waals surface area contributed by atoms with Crippen LogP contribution in [0.3, 0.4) is 0 Å². The Labute approximate surface area is 321 Å². The van der Waals surface area contributed by atoms with Crippen molar-refractivity contribution in [1.29, 1.82) is 0 Å². The number of carbonyl (C=O) groups excluding carboxylic acids is 1. The number of halogens is 2. The van der Waals surface area contributed by atoms with Crippen molar-refractivity contribution < 1.29 is 38.0 Å². The second-order valence-electron chi connectivity index (χ2n) is 13.8. The summed E-state index contributed by atoms with van der Waals surface area (Å²) in [5.74, 6) is 0.491. The standard InChI is InChI=1S/C42H38ClFN2O7S/c1-24-31-15-17-33(37(24)43)51-30(20-47)22-49-29-14-16-32(50-21-25-8-6-5-7-9-25)27(18-29)19-34(41(48)53-42(2,3)4)52-39-36-35(31)38(54-40(36)46-23-45-39)26-10-12-28(44)13-11-26/h5-18,23,30,34,47H,19-22H2,1-4H3/t30-,34-/m1/s1. The zero-order valence-electron chi connectivity index (χ0n) is 30.1. The van der Waals surface area contributed by atoms with Crippen molar-refractivity contribution >= 4 is 39.1 Å². The predicted octanol–water partition coefficient (Wildman–Crippen LogP) is 9.17. The van der Waals surface area contributed by atoms with Crippen LogP contribution in [0.4, 0.5) is 4.39 Å². The molecular weight excluding hydrogens is 731 g/mol. The van der Waals surface area contributed by atoms with E-state index in [0.717, 1.165) is 21.6 Å². The lowest BCUT2D eigenvalue weighted by Crippen LogP contribution is -2.37. The number of nitrogens with zero attached hydrogens (tertiary/aromatic N) is 2. The molecule has 0 amide bonds. The van der Waals surface area contributed by atoms with Crippen LogP contribution in [0.25, 0.3) is 31.8 Å². The van der Waals surface area contributed by atoms with Gasteiger partial charge in [0.1, 0.15) is 53.0 Å². The monoisotopic (exact) mass is 768 g/mol. The van der Waals surface area contributed by atoms with E-state index in [1.807, 2.05) is 43.3 Å². The van der Waals surface area contributed by atoms with Gasteiger partial charge in [-0.15, -0.1) is 11.3 Å². The van der Waals surface area contributed by atoms with Gasteiger partial charge in [0.15, 0.2) is 6.10 Å². The number of esters is 1. The third-order valence-corrected chi connectivity index (χ3v) is 10.3. The van der Waals surface area contributed by atoms with E-state index in [9.17, 15) is 14.3 Å². The SMILES string of the molecule is Cc1c2ccc(c1Cl)O[C@H](CO)COc1ccc(OCc3ccccc3)c(c1)C[C@H](C(=O)OC(C)(C)C)Oc1ncnc3sc(-c4ccc(F)cc4)c-2c13. The van der Waals surface area contributed by atoms with Gasteiger partial charge in [-0.25, -0.2) is 19.2 Å². The first-order valence-corrected chi connectivity index (χ1v) is 18.6. The van der Waals surface area contributed by atoms with E-state index in [0.29, 0.717) is 49.2 Å². The third kappa shape index (κ3) is 8.13. The summed E-state index contributed by atoms with van der Waals surface area (Å²) in [4.78, 5) is 24.6. The second-order valence-corrected chi connectivity index (χ2v) is 15.2. The summed E-state index contributed by atoms with van der Waals surface area (Å²) in [5.41, 5.74) is 3.55. The number of ether oxygens (including phenoxy) is 5. The smallest absolute Gasteiger partial charge is 0.348 e. The number of aliphatic hydroxyl groups excluding tert-OH is 1. The van der Waals surface area contributed by atoms with Gasteiger partial charge in [-0.05, 0) is 86.3 Å². The Morgan fingerprint density at radius 2 is 1.80 bits per heavy atom. The number of rotatable bonds is 6. The normalized spacial score (nSPS) is 15.8. The third-order valence-electron chi connectivity index (χ3n) is 8.71. The van der Waals surface area contributed by atoms with Crippen molar-refractivity contribution in [3.05, 3.63) is 119 Å². The van der Waals surface area contributed by atoms with Gasteiger partial charge >= 0.3 is 5.97 Å². The highest BCUT2D eigenvalue weighted by Crippen LogP contribution is 2.49. The van der Waals surface area contributed by atoms with Crippen molar-refractivity contribution in [1.82, 2.24) is 9.97 Å². The van der Waals surface area contributed by atoms with E-state index in [1.165, 1.54) is 29.8 Å². The molecule has 1 N–H and O–H groups in total. The molecule has 6 aromatic rings. The molecule has 9 nitrogen and oxygen atoms in total. The fourth-order valence-corrected chi connectivity index (χ4v) is 7.49. The first-order chi connectivity index (χ1) is 26.0. The van der Waals surface area contributed by atoms with Gasteiger partial charge in [0.2, 0.25) is 12.0 Å².